The van der Waals surface area contributed by atoms with E-state index in [4.69, 9.17) is 5.73 Å². The number of hydrogen-bond acceptors (Lipinski definition) is 6. The number of nitrogens with two attached hydrogens (primary N) is 1. The Bertz CT molecular complexity index is 606. The molecule has 174 valence electrons. The van der Waals surface area contributed by atoms with Crippen molar-refractivity contribution in [1.29, 1.82) is 0 Å². The van der Waals surface area contributed by atoms with Crippen LogP contribution in [0, 0.1) is 17.8 Å². The first-order valence-electron chi connectivity index (χ1n) is 10.3. The predicted octanol–water partition coefficient (Wildman–Crippen LogP) is -0.408. The molecule has 0 aliphatic carbocycles. The highest BCUT2D eigenvalue weighted by atomic mass is 16.4. The normalized spacial score (nSPS) is 16.5. The summed E-state index contributed by atoms with van der Waals surface area (Å²) < 4.78 is 0. The molecule has 0 radical (unpaired) electrons. The van der Waals surface area contributed by atoms with E-state index in [0.29, 0.717) is 0 Å². The Morgan fingerprint density at radius 2 is 1.27 bits per heavy atom. The van der Waals surface area contributed by atoms with Gasteiger partial charge in [-0.15, -0.1) is 0 Å². The number of carboxylic acid groups (broad SMARTS) is 1. The first-order chi connectivity index (χ1) is 13.7. The van der Waals surface area contributed by atoms with Crippen molar-refractivity contribution in [1.82, 2.24) is 16.0 Å². The zero-order valence-corrected chi connectivity index (χ0v) is 18.9. The number of nitrogens with one attached hydrogen (secondary N) is 3. The predicted molar refractivity (Wildman–Crippen MR) is 112 cm³/mol. The molecule has 0 rings (SSSR count). The first-order valence-corrected chi connectivity index (χ1v) is 10.3. The quantitative estimate of drug-likeness (QED) is 0.244. The monoisotopic (exact) mass is 430 g/mol. The van der Waals surface area contributed by atoms with E-state index in [1.807, 2.05) is 13.8 Å². The molecular formula is C20H38N4O6. The van der Waals surface area contributed by atoms with Gasteiger partial charge in [-0.3, -0.25) is 14.4 Å². The van der Waals surface area contributed by atoms with Gasteiger partial charge in [-0.25, -0.2) is 4.79 Å². The van der Waals surface area contributed by atoms with Gasteiger partial charge in [-0.05, 0) is 31.1 Å². The van der Waals surface area contributed by atoms with Gasteiger partial charge in [-0.1, -0.05) is 41.5 Å². The summed E-state index contributed by atoms with van der Waals surface area (Å²) in [6.07, 6.45) is -0.993. The van der Waals surface area contributed by atoms with Crippen molar-refractivity contribution in [3.8, 4) is 0 Å². The maximum Gasteiger partial charge on any atom is 0.326 e. The Morgan fingerprint density at radius 3 is 1.63 bits per heavy atom. The number of rotatable bonds is 12. The van der Waals surface area contributed by atoms with Crippen molar-refractivity contribution in [2.45, 2.75) is 85.2 Å². The van der Waals surface area contributed by atoms with E-state index in [1.165, 1.54) is 6.92 Å². The van der Waals surface area contributed by atoms with Gasteiger partial charge in [0.1, 0.15) is 18.1 Å². The molecule has 0 aliphatic heterocycles. The van der Waals surface area contributed by atoms with E-state index in [-0.39, 0.29) is 24.2 Å². The molecule has 3 amide bonds. The van der Waals surface area contributed by atoms with E-state index in [1.54, 1.807) is 27.7 Å². The second-order valence-corrected chi connectivity index (χ2v) is 8.76. The SMILES string of the molecule is CC(C)CC(NC(=O)C(NC(=O)C(N)C(C)C)C(C)O)C(=O)NC(C(=O)O)C(C)C. The third kappa shape index (κ3) is 9.08. The first kappa shape index (κ1) is 27.8. The number of aliphatic hydroxyl groups is 1. The lowest BCUT2D eigenvalue weighted by molar-refractivity contribution is -0.143. The molecule has 10 nitrogen and oxygen atoms in total. The molecule has 0 bridgehead atoms. The number of aliphatic hydroxyl groups excluding tert-OH is 1. The van der Waals surface area contributed by atoms with Crippen LogP contribution < -0.4 is 21.7 Å². The summed E-state index contributed by atoms with van der Waals surface area (Å²) in [5.41, 5.74) is 5.79. The molecule has 7 N–H and O–H groups in total. The summed E-state index contributed by atoms with van der Waals surface area (Å²) >= 11 is 0. The van der Waals surface area contributed by atoms with Crippen molar-refractivity contribution in [3.63, 3.8) is 0 Å². The highest BCUT2D eigenvalue weighted by Crippen LogP contribution is 2.09. The minimum atomic E-state index is -1.31. The number of carbonyl (C=O) groups excluding carboxylic acids is 3. The second kappa shape index (κ2) is 12.5. The average Bonchev–Trinajstić information content (AvgIpc) is 2.60. The minimum Gasteiger partial charge on any atom is -0.480 e. The maximum atomic E-state index is 12.7. The number of carbonyl (C=O) groups is 4. The van der Waals surface area contributed by atoms with Crippen molar-refractivity contribution >= 4 is 23.7 Å². The van der Waals surface area contributed by atoms with Gasteiger partial charge in [0.25, 0.3) is 0 Å². The van der Waals surface area contributed by atoms with Crippen molar-refractivity contribution in [3.05, 3.63) is 0 Å². The summed E-state index contributed by atoms with van der Waals surface area (Å²) in [4.78, 5) is 49.0. The fraction of sp³-hybridized carbons (Fsp3) is 0.800. The molecule has 30 heavy (non-hydrogen) atoms. The van der Waals surface area contributed by atoms with Gasteiger partial charge < -0.3 is 31.9 Å². The Balaban J connectivity index is 5.45. The van der Waals surface area contributed by atoms with Crippen molar-refractivity contribution in [2.24, 2.45) is 23.5 Å². The van der Waals surface area contributed by atoms with Crippen molar-refractivity contribution in [2.75, 3.05) is 0 Å². The molecule has 5 atom stereocenters. The fourth-order valence-electron chi connectivity index (χ4n) is 2.69. The van der Waals surface area contributed by atoms with E-state index in [9.17, 15) is 29.4 Å². The molecule has 0 spiro atoms. The Hall–Kier alpha value is -2.20. The third-order valence-electron chi connectivity index (χ3n) is 4.65. The Labute approximate surface area is 178 Å². The Kier molecular flexibility index (Phi) is 11.6. The molecule has 5 unspecified atom stereocenters. The number of carboxylic acids is 1. The number of aliphatic carboxylic acids is 1. The van der Waals surface area contributed by atoms with Crippen LogP contribution in [-0.2, 0) is 19.2 Å². The van der Waals surface area contributed by atoms with Gasteiger partial charge in [0, 0.05) is 0 Å². The number of hydrogen-bond donors (Lipinski definition) is 6. The van der Waals surface area contributed by atoms with Gasteiger partial charge >= 0.3 is 5.97 Å². The van der Waals surface area contributed by atoms with E-state index in [0.717, 1.165) is 0 Å². The summed E-state index contributed by atoms with van der Waals surface area (Å²) in [5.74, 6) is -3.70. The van der Waals surface area contributed by atoms with E-state index >= 15 is 0 Å². The van der Waals surface area contributed by atoms with Crippen LogP contribution in [0.2, 0.25) is 0 Å². The third-order valence-corrected chi connectivity index (χ3v) is 4.65. The second-order valence-electron chi connectivity index (χ2n) is 8.76. The molecule has 0 aromatic heterocycles. The lowest BCUT2D eigenvalue weighted by Gasteiger charge is -2.28. The van der Waals surface area contributed by atoms with Crippen LogP contribution in [0.15, 0.2) is 0 Å². The average molecular weight is 431 g/mol. The molecule has 0 saturated heterocycles. The van der Waals surface area contributed by atoms with Crippen LogP contribution in [0.5, 0.6) is 0 Å². The standard InChI is InChI=1S/C20H38N4O6/c1-9(2)8-13(17(26)23-15(11(5)6)20(29)30)22-19(28)16(12(7)25)24-18(27)14(21)10(3)4/h9-16,25H,8,21H2,1-7H3,(H,22,28)(H,23,26)(H,24,27)(H,29,30). The zero-order valence-electron chi connectivity index (χ0n) is 18.9. The van der Waals surface area contributed by atoms with Gasteiger partial charge in [0.15, 0.2) is 0 Å². The van der Waals surface area contributed by atoms with Crippen LogP contribution in [0.1, 0.15) is 54.9 Å². The topological polar surface area (TPSA) is 171 Å². The molecule has 10 heteroatoms. The lowest BCUT2D eigenvalue weighted by Crippen LogP contribution is -2.60. The molecule has 0 saturated carbocycles. The molecule has 0 aromatic carbocycles. The molecule has 0 aliphatic rings. The maximum absolute atomic E-state index is 12.7. The Morgan fingerprint density at radius 1 is 0.767 bits per heavy atom. The van der Waals surface area contributed by atoms with Gasteiger partial charge in [-0.2, -0.15) is 0 Å². The van der Waals surface area contributed by atoms with Crippen LogP contribution in [0.4, 0.5) is 0 Å². The molecule has 0 aromatic rings. The van der Waals surface area contributed by atoms with Gasteiger partial charge in [0.05, 0.1) is 12.1 Å². The van der Waals surface area contributed by atoms with Crippen LogP contribution in [0.25, 0.3) is 0 Å². The lowest BCUT2D eigenvalue weighted by atomic mass is 9.99. The van der Waals surface area contributed by atoms with Crippen LogP contribution >= 0.6 is 0 Å². The van der Waals surface area contributed by atoms with E-state index in [2.05, 4.69) is 16.0 Å². The summed E-state index contributed by atoms with van der Waals surface area (Å²) in [6, 6.07) is -4.32. The van der Waals surface area contributed by atoms with Crippen LogP contribution in [0.3, 0.4) is 0 Å². The van der Waals surface area contributed by atoms with Gasteiger partial charge in [0.2, 0.25) is 17.7 Å². The summed E-state index contributed by atoms with van der Waals surface area (Å²) in [5, 5.41) is 26.7. The summed E-state index contributed by atoms with van der Waals surface area (Å²) in [6.45, 7) is 11.8. The zero-order chi connectivity index (χ0) is 23.8. The van der Waals surface area contributed by atoms with E-state index < -0.39 is 54.0 Å². The fourth-order valence-corrected chi connectivity index (χ4v) is 2.69. The highest BCUT2D eigenvalue weighted by molar-refractivity contribution is 5.94. The van der Waals surface area contributed by atoms with Crippen molar-refractivity contribution < 1.29 is 29.4 Å². The summed E-state index contributed by atoms with van der Waals surface area (Å²) in [7, 11) is 0. The number of amides is 3. The van der Waals surface area contributed by atoms with Crippen LogP contribution in [-0.4, -0.2) is 64.2 Å². The molecule has 0 heterocycles. The highest BCUT2D eigenvalue weighted by Gasteiger charge is 2.33. The largest absolute Gasteiger partial charge is 0.480 e. The molecular weight excluding hydrogens is 392 g/mol. The smallest absolute Gasteiger partial charge is 0.326 e. The molecule has 0 fully saturated rings. The minimum absolute atomic E-state index is 0.0114.